The molecule has 5 aromatic carbocycles. The number of rotatable bonds is 7. The number of hydrogen-bond donors (Lipinski definition) is 0. The van der Waals surface area contributed by atoms with Gasteiger partial charge in [-0.15, -0.1) is 139 Å². The zero-order valence-corrected chi connectivity index (χ0v) is 44.6. The summed E-state index contributed by atoms with van der Waals surface area (Å²) in [5.41, 5.74) is 9.64. The molecule has 0 aliphatic heterocycles. The van der Waals surface area contributed by atoms with Crippen LogP contribution in [0, 0.1) is 20.8 Å². The van der Waals surface area contributed by atoms with Crippen LogP contribution in [-0.2, 0) is 0 Å². The van der Waals surface area contributed by atoms with Gasteiger partial charge in [-0.25, -0.2) is 0 Å². The molecule has 1 nitrogen and oxygen atoms in total. The van der Waals surface area contributed by atoms with Gasteiger partial charge in [-0.3, -0.25) is 4.79 Å². The molecule has 0 aromatic heterocycles. The molecule has 0 heterocycles. The molecule has 0 bridgehead atoms. The Labute approximate surface area is 431 Å². The maximum absolute atomic E-state index is 10.1. The molecule has 0 fully saturated rings. The van der Waals surface area contributed by atoms with Crippen LogP contribution in [0.2, 0.25) is 0 Å². The molecule has 326 valence electrons. The van der Waals surface area contributed by atoms with Crippen LogP contribution in [0.5, 0.6) is 0 Å². The average molecular weight is 1170 g/mol. The Morgan fingerprint density at radius 1 is 0.322 bits per heavy atom. The van der Waals surface area contributed by atoms with Gasteiger partial charge in [0.2, 0.25) is 0 Å². The maximum atomic E-state index is 10.1. The molecule has 5 aromatic rings. The third kappa shape index (κ3) is 32.4. The summed E-state index contributed by atoms with van der Waals surface area (Å²) in [6, 6.07) is 37.6. The van der Waals surface area contributed by atoms with Gasteiger partial charge in [0.15, 0.2) is 0 Å². The molecule has 0 N–H and O–H groups in total. The molecule has 0 aliphatic rings. The van der Waals surface area contributed by atoms with Crippen molar-refractivity contribution < 1.29 is 4.79 Å². The molecule has 0 amide bonds. The summed E-state index contributed by atoms with van der Waals surface area (Å²) in [4.78, 5) is 7.33. The van der Waals surface area contributed by atoms with Crippen LogP contribution < -0.4 is 0 Å². The topological polar surface area (TPSA) is 17.1 Å². The van der Waals surface area contributed by atoms with Gasteiger partial charge in [0.25, 0.3) is 0 Å². The van der Waals surface area contributed by atoms with Crippen LogP contribution in [0.25, 0.3) is 0 Å². The van der Waals surface area contributed by atoms with E-state index in [1.165, 1.54) is 16.7 Å². The van der Waals surface area contributed by atoms with Gasteiger partial charge in [0.05, 0.1) is 0 Å². The second-order valence-corrected chi connectivity index (χ2v) is 34.8. The van der Waals surface area contributed by atoms with Crippen molar-refractivity contribution in [1.29, 1.82) is 0 Å². The number of carbonyl (C=O) groups excluding carboxylic acids is 1. The number of benzene rings is 5. The molecule has 0 aliphatic carbocycles. The molecular formula is C40H36Cl17OP. The number of alkyl halides is 12. The van der Waals surface area contributed by atoms with E-state index in [9.17, 15) is 4.79 Å². The minimum atomic E-state index is -3.69. The van der Waals surface area contributed by atoms with Gasteiger partial charge in [-0.2, -0.15) is 0 Å². The summed E-state index contributed by atoms with van der Waals surface area (Å²) in [7, 11) is 0. The van der Waals surface area contributed by atoms with Crippen LogP contribution in [0.15, 0.2) is 121 Å². The first-order valence-corrected chi connectivity index (χ1v) is 28.3. The first-order valence-electron chi connectivity index (χ1n) is 16.3. The summed E-state index contributed by atoms with van der Waals surface area (Å²) in [6.45, 7) is 6.05. The number of hydrogen-bond acceptors (Lipinski definition) is 1. The van der Waals surface area contributed by atoms with Crippen molar-refractivity contribution in [2.24, 2.45) is 0 Å². The van der Waals surface area contributed by atoms with E-state index in [0.717, 1.165) is 45.2 Å². The van der Waals surface area contributed by atoms with Crippen LogP contribution in [-0.4, -0.2) is 6.29 Å². The van der Waals surface area contributed by atoms with E-state index in [-0.39, 0.29) is 0 Å². The molecular weight excluding hydrogens is 1130 g/mol. The van der Waals surface area contributed by atoms with Crippen molar-refractivity contribution in [1.82, 2.24) is 0 Å². The van der Waals surface area contributed by atoms with Gasteiger partial charge in [0, 0.05) is 5.56 Å². The van der Waals surface area contributed by atoms with Crippen LogP contribution >= 0.6 is 199 Å². The van der Waals surface area contributed by atoms with Gasteiger partial charge in [0.1, 0.15) is 35.3 Å². The van der Waals surface area contributed by atoms with Crippen molar-refractivity contribution >= 4 is 205 Å². The molecule has 19 heteroatoms. The van der Waals surface area contributed by atoms with Crippen molar-refractivity contribution in [3.05, 3.63) is 177 Å². The predicted molar refractivity (Wildman–Crippen MR) is 275 cm³/mol. The quantitative estimate of drug-likeness (QED) is 0.0902. The monoisotopic (exact) mass is 1160 g/mol. The summed E-state index contributed by atoms with van der Waals surface area (Å²) in [5.74, 6) is 0. The summed E-state index contributed by atoms with van der Waals surface area (Å²) >= 11 is 92.4. The zero-order chi connectivity index (χ0) is 45.5. The van der Waals surface area contributed by atoms with Gasteiger partial charge in [-0.05, 0) is 54.2 Å². The number of carbonyl (C=O) groups is 1. The Bertz CT molecular complexity index is 1680. The molecule has 5 rings (SSSR count). The Balaban J connectivity index is 0.000000692. The number of aryl methyl sites for hydroxylation is 3. The fourth-order valence-electron chi connectivity index (χ4n) is 3.64. The van der Waals surface area contributed by atoms with Crippen LogP contribution in [0.4, 0.5) is 0 Å². The molecule has 0 saturated heterocycles. The van der Waals surface area contributed by atoms with E-state index >= 15 is 0 Å². The molecule has 0 atom stereocenters. The first-order chi connectivity index (χ1) is 27.2. The average Bonchev–Trinajstić information content (AvgIpc) is 3.15. The molecule has 0 saturated carbocycles. The molecule has 0 spiro atoms. The van der Waals surface area contributed by atoms with Gasteiger partial charge in [-0.1, -0.05) is 138 Å². The second kappa shape index (κ2) is 31.1. The molecule has 59 heavy (non-hydrogen) atoms. The minimum absolute atomic E-state index is 0.402. The second-order valence-electron chi connectivity index (χ2n) is 11.6. The van der Waals surface area contributed by atoms with Crippen molar-refractivity contribution in [2.45, 2.75) is 49.8 Å². The number of halogens is 17. The third-order valence-corrected chi connectivity index (χ3v) is 9.78. The van der Waals surface area contributed by atoms with Gasteiger partial charge >= 0.3 is 59.6 Å². The fourth-order valence-corrected chi connectivity index (χ4v) is 5.39. The SMILES string of the molecule is Cc1ccc(C(Cl)Cl)cc1.Cc1ccc(C(Cl)Cl)cc1.Cc1ccc(C=O)cc1.ClC(Cl)c1ccc(C(Cl)Cl)cc1.ClC(Cl)c1ccc(C(Cl)Cl)cc1.ClP(Cl)(Cl)(Cl)Cl. The van der Waals surface area contributed by atoms with E-state index < -0.39 is 32.4 Å². The Kier molecular flexibility index (Phi) is 31.7. The molecule has 0 unspecified atom stereocenters. The van der Waals surface area contributed by atoms with E-state index in [2.05, 4.69) is 0 Å². The normalized spacial score (nSPS) is 11.4. The van der Waals surface area contributed by atoms with Crippen molar-refractivity contribution in [3.8, 4) is 0 Å². The Morgan fingerprint density at radius 3 is 0.593 bits per heavy atom. The van der Waals surface area contributed by atoms with E-state index in [1.54, 1.807) is 48.5 Å². The fraction of sp³-hybridized carbons (Fsp3) is 0.225. The van der Waals surface area contributed by atoms with Crippen LogP contribution in [0.1, 0.15) is 89.4 Å². The molecule has 0 radical (unpaired) electrons. The summed E-state index contributed by atoms with van der Waals surface area (Å²) in [5, 5.41) is 0. The zero-order valence-electron chi connectivity index (χ0n) is 30.9. The Morgan fingerprint density at radius 2 is 0.458 bits per heavy atom. The standard InChI is InChI=1S/2C8H6Cl4.2C8H8Cl2.C8H8O.Cl5P/c2*9-7(10)5-1-2-6(4-3-5)8(11)12;2*1-6-2-4-7(5-3-6)8(9)10;1-7-2-4-8(6-9)5-3-7;1-6(2,3,4)5/h2*1-4,7-8H;2*2-5,8H,1H3;2-6H,1H3;. The first kappa shape index (κ1) is 60.1. The van der Waals surface area contributed by atoms with Gasteiger partial charge < -0.3 is 0 Å². The van der Waals surface area contributed by atoms with Crippen molar-refractivity contribution in [3.63, 3.8) is 0 Å². The summed E-state index contributed by atoms with van der Waals surface area (Å²) in [6.07, 6.45) is 0.847. The van der Waals surface area contributed by atoms with Crippen LogP contribution in [0.3, 0.4) is 0 Å². The Hall–Kier alpha value is 1.13. The predicted octanol–water partition coefficient (Wildman–Crippen LogP) is 22.3. The van der Waals surface area contributed by atoms with Crippen molar-refractivity contribution in [2.75, 3.05) is 0 Å². The van der Waals surface area contributed by atoms with E-state index in [1.807, 2.05) is 93.6 Å². The number of aldehydes is 1. The van der Waals surface area contributed by atoms with E-state index in [0.29, 0.717) is 0 Å². The summed E-state index contributed by atoms with van der Waals surface area (Å²) < 4.78 is -3.69. The van der Waals surface area contributed by atoms with E-state index in [4.69, 9.17) is 195 Å². The third-order valence-electron chi connectivity index (χ3n) is 6.75.